The first-order valence-electron chi connectivity index (χ1n) is 7.36. The van der Waals surface area contributed by atoms with Gasteiger partial charge in [0.05, 0.1) is 0 Å². The highest BCUT2D eigenvalue weighted by molar-refractivity contribution is 4.76. The summed E-state index contributed by atoms with van der Waals surface area (Å²) in [7, 11) is 0. The predicted molar refractivity (Wildman–Crippen MR) is 72.4 cm³/mol. The van der Waals surface area contributed by atoms with Crippen molar-refractivity contribution < 1.29 is 14.6 Å². The molecule has 0 aromatic rings. The van der Waals surface area contributed by atoms with Gasteiger partial charge in [-0.2, -0.15) is 0 Å². The van der Waals surface area contributed by atoms with E-state index in [2.05, 4.69) is 5.32 Å². The van der Waals surface area contributed by atoms with E-state index in [4.69, 9.17) is 9.47 Å². The fourth-order valence-electron chi connectivity index (χ4n) is 2.72. The molecule has 0 saturated heterocycles. The van der Waals surface area contributed by atoms with E-state index in [1.807, 2.05) is 13.8 Å². The first-order chi connectivity index (χ1) is 8.81. The molecule has 1 saturated carbocycles. The smallest absolute Gasteiger partial charge is 0.169 e. The fraction of sp³-hybridized carbons (Fsp3) is 1.00. The molecule has 0 bridgehead atoms. The average molecular weight is 259 g/mol. The molecule has 1 rings (SSSR count). The molecule has 0 amide bonds. The van der Waals surface area contributed by atoms with Gasteiger partial charge >= 0.3 is 0 Å². The van der Waals surface area contributed by atoms with Crippen molar-refractivity contribution in [1.82, 2.24) is 5.32 Å². The summed E-state index contributed by atoms with van der Waals surface area (Å²) in [5.41, 5.74) is 0. The van der Waals surface area contributed by atoms with Gasteiger partial charge in [-0.05, 0) is 45.1 Å². The molecule has 0 aromatic heterocycles. The molecule has 2 unspecified atom stereocenters. The Labute approximate surface area is 111 Å². The highest BCUT2D eigenvalue weighted by atomic mass is 16.7. The minimum atomic E-state index is -0.142. The maximum absolute atomic E-state index is 9.36. The van der Waals surface area contributed by atoms with Crippen molar-refractivity contribution >= 4 is 0 Å². The molecule has 4 heteroatoms. The average Bonchev–Trinajstić information content (AvgIpc) is 2.40. The van der Waals surface area contributed by atoms with Crippen LogP contribution in [0.2, 0.25) is 0 Å². The third-order valence-electron chi connectivity index (χ3n) is 3.72. The van der Waals surface area contributed by atoms with Crippen LogP contribution in [0.1, 0.15) is 39.5 Å². The molecule has 4 nitrogen and oxygen atoms in total. The topological polar surface area (TPSA) is 50.7 Å². The molecule has 1 fully saturated rings. The Morgan fingerprint density at radius 1 is 1.11 bits per heavy atom. The molecule has 0 aliphatic heterocycles. The molecular formula is C14H29NO3. The monoisotopic (exact) mass is 259 g/mol. The van der Waals surface area contributed by atoms with E-state index in [9.17, 15) is 5.11 Å². The molecule has 2 atom stereocenters. The SMILES string of the molecule is CCOC(CNCC1CCCCC1CO)OCC. The molecule has 0 radical (unpaired) electrons. The Balaban J connectivity index is 2.21. The van der Waals surface area contributed by atoms with Gasteiger partial charge in [-0.25, -0.2) is 0 Å². The van der Waals surface area contributed by atoms with Crippen LogP contribution in [0.15, 0.2) is 0 Å². The molecule has 18 heavy (non-hydrogen) atoms. The van der Waals surface area contributed by atoms with Crippen LogP contribution in [0, 0.1) is 11.8 Å². The van der Waals surface area contributed by atoms with Gasteiger partial charge in [0, 0.05) is 26.4 Å². The molecule has 0 heterocycles. The number of hydrogen-bond acceptors (Lipinski definition) is 4. The second-order valence-electron chi connectivity index (χ2n) is 4.99. The lowest BCUT2D eigenvalue weighted by Gasteiger charge is -2.30. The fourth-order valence-corrected chi connectivity index (χ4v) is 2.72. The molecule has 0 spiro atoms. The van der Waals surface area contributed by atoms with Gasteiger partial charge in [0.15, 0.2) is 6.29 Å². The molecule has 0 aromatic carbocycles. The molecule has 1 aliphatic carbocycles. The summed E-state index contributed by atoms with van der Waals surface area (Å²) in [4.78, 5) is 0. The Morgan fingerprint density at radius 2 is 1.72 bits per heavy atom. The van der Waals surface area contributed by atoms with Crippen LogP contribution >= 0.6 is 0 Å². The van der Waals surface area contributed by atoms with Crippen LogP contribution < -0.4 is 5.32 Å². The summed E-state index contributed by atoms with van der Waals surface area (Å²) in [6, 6.07) is 0. The van der Waals surface area contributed by atoms with Gasteiger partial charge < -0.3 is 19.9 Å². The van der Waals surface area contributed by atoms with Gasteiger partial charge in [0.25, 0.3) is 0 Å². The van der Waals surface area contributed by atoms with Gasteiger partial charge in [-0.1, -0.05) is 12.8 Å². The number of ether oxygens (including phenoxy) is 2. The van der Waals surface area contributed by atoms with Gasteiger partial charge in [-0.3, -0.25) is 0 Å². The third-order valence-corrected chi connectivity index (χ3v) is 3.72. The van der Waals surface area contributed by atoms with E-state index < -0.39 is 0 Å². The Morgan fingerprint density at radius 3 is 2.28 bits per heavy atom. The summed E-state index contributed by atoms with van der Waals surface area (Å²) in [5, 5.41) is 12.8. The van der Waals surface area contributed by atoms with Crippen LogP contribution in [0.3, 0.4) is 0 Å². The van der Waals surface area contributed by atoms with Crippen molar-refractivity contribution in [3.8, 4) is 0 Å². The van der Waals surface area contributed by atoms with E-state index >= 15 is 0 Å². The van der Waals surface area contributed by atoms with Crippen molar-refractivity contribution in [2.24, 2.45) is 11.8 Å². The lowest BCUT2D eigenvalue weighted by atomic mass is 9.79. The van der Waals surface area contributed by atoms with E-state index in [0.29, 0.717) is 31.7 Å². The number of aliphatic hydroxyl groups excluding tert-OH is 1. The number of aliphatic hydroxyl groups is 1. The minimum Gasteiger partial charge on any atom is -0.396 e. The first kappa shape index (κ1) is 15.9. The molecule has 1 aliphatic rings. The largest absolute Gasteiger partial charge is 0.396 e. The predicted octanol–water partition coefficient (Wildman–Crippen LogP) is 1.77. The molecule has 2 N–H and O–H groups in total. The summed E-state index contributed by atoms with van der Waals surface area (Å²) in [5.74, 6) is 1.08. The summed E-state index contributed by atoms with van der Waals surface area (Å²) >= 11 is 0. The Bertz CT molecular complexity index is 195. The van der Waals surface area contributed by atoms with Crippen molar-refractivity contribution in [2.45, 2.75) is 45.8 Å². The number of nitrogens with one attached hydrogen (secondary N) is 1. The van der Waals surface area contributed by atoms with E-state index in [-0.39, 0.29) is 6.29 Å². The zero-order valence-corrected chi connectivity index (χ0v) is 11.9. The van der Waals surface area contributed by atoms with Crippen LogP contribution in [-0.2, 0) is 9.47 Å². The first-order valence-corrected chi connectivity index (χ1v) is 7.36. The highest BCUT2D eigenvalue weighted by Gasteiger charge is 2.24. The molecular weight excluding hydrogens is 230 g/mol. The standard InChI is InChI=1S/C14H29NO3/c1-3-17-14(18-4-2)10-15-9-12-7-5-6-8-13(12)11-16/h12-16H,3-11H2,1-2H3. The Hall–Kier alpha value is -0.160. The zero-order valence-electron chi connectivity index (χ0n) is 11.9. The number of rotatable bonds is 9. The van der Waals surface area contributed by atoms with Crippen LogP contribution in [0.5, 0.6) is 0 Å². The van der Waals surface area contributed by atoms with Gasteiger partial charge in [0.2, 0.25) is 0 Å². The lowest BCUT2D eigenvalue weighted by molar-refractivity contribution is -0.133. The Kier molecular flexibility index (Phi) is 8.59. The van der Waals surface area contributed by atoms with Crippen molar-refractivity contribution in [3.05, 3.63) is 0 Å². The van der Waals surface area contributed by atoms with E-state index in [1.165, 1.54) is 25.7 Å². The second-order valence-corrected chi connectivity index (χ2v) is 4.99. The quantitative estimate of drug-likeness (QED) is 0.620. The van der Waals surface area contributed by atoms with Gasteiger partial charge in [0.1, 0.15) is 0 Å². The number of hydrogen-bond donors (Lipinski definition) is 2. The van der Waals surface area contributed by atoms with Crippen molar-refractivity contribution in [2.75, 3.05) is 32.9 Å². The zero-order chi connectivity index (χ0) is 13.2. The van der Waals surface area contributed by atoms with Crippen LogP contribution in [0.25, 0.3) is 0 Å². The maximum Gasteiger partial charge on any atom is 0.169 e. The van der Waals surface area contributed by atoms with Crippen molar-refractivity contribution in [3.63, 3.8) is 0 Å². The van der Waals surface area contributed by atoms with E-state index in [1.54, 1.807) is 0 Å². The maximum atomic E-state index is 9.36. The second kappa shape index (κ2) is 9.73. The van der Waals surface area contributed by atoms with E-state index in [0.717, 1.165) is 13.1 Å². The summed E-state index contributed by atoms with van der Waals surface area (Å²) < 4.78 is 11.0. The normalized spacial score (nSPS) is 24.7. The van der Waals surface area contributed by atoms with Crippen LogP contribution in [-0.4, -0.2) is 44.3 Å². The molecule has 108 valence electrons. The van der Waals surface area contributed by atoms with Gasteiger partial charge in [-0.15, -0.1) is 0 Å². The summed E-state index contributed by atoms with van der Waals surface area (Å²) in [6.07, 6.45) is 4.82. The highest BCUT2D eigenvalue weighted by Crippen LogP contribution is 2.28. The lowest BCUT2D eigenvalue weighted by Crippen LogP contribution is -2.37. The van der Waals surface area contributed by atoms with Crippen LogP contribution in [0.4, 0.5) is 0 Å². The summed E-state index contributed by atoms with van der Waals surface area (Å²) in [6.45, 7) is 7.33. The van der Waals surface area contributed by atoms with Crippen molar-refractivity contribution in [1.29, 1.82) is 0 Å². The third kappa shape index (κ3) is 5.65. The minimum absolute atomic E-state index is 0.142.